The van der Waals surface area contributed by atoms with E-state index in [0.29, 0.717) is 11.4 Å². The second kappa shape index (κ2) is 5.21. The Hall–Kier alpha value is -1.83. The largest absolute Gasteiger partial charge is 0.353 e. The van der Waals surface area contributed by atoms with E-state index in [1.165, 1.54) is 18.3 Å². The molecule has 0 saturated carbocycles. The summed E-state index contributed by atoms with van der Waals surface area (Å²) >= 11 is 11.4. The second-order valence-corrected chi connectivity index (χ2v) is 4.20. The average Bonchev–Trinajstić information content (AvgIpc) is 2.36. The Morgan fingerprint density at radius 2 is 1.94 bits per heavy atom. The number of benzene rings is 1. The topological polar surface area (TPSA) is 48.7 Å². The summed E-state index contributed by atoms with van der Waals surface area (Å²) in [6.45, 7) is 0. The minimum Gasteiger partial charge on any atom is -0.353 e. The quantitative estimate of drug-likeness (QED) is 0.842. The number of pyridine rings is 1. The highest BCUT2D eigenvalue weighted by molar-refractivity contribution is 6.35. The van der Waals surface area contributed by atoms with Crippen molar-refractivity contribution in [3.63, 3.8) is 0 Å². The summed E-state index contributed by atoms with van der Waals surface area (Å²) in [7, 11) is 0. The molecule has 18 heavy (non-hydrogen) atoms. The summed E-state index contributed by atoms with van der Waals surface area (Å²) < 4.78 is 13.2. The molecule has 0 radical (unpaired) electrons. The van der Waals surface area contributed by atoms with E-state index >= 15 is 0 Å². The van der Waals surface area contributed by atoms with Gasteiger partial charge in [-0.05, 0) is 24.3 Å². The number of nitrogens with one attached hydrogen (secondary N) is 1. The lowest BCUT2D eigenvalue weighted by Crippen LogP contribution is -1.96. The van der Waals surface area contributed by atoms with Crippen molar-refractivity contribution in [3.8, 4) is 6.07 Å². The predicted molar refractivity (Wildman–Crippen MR) is 68.7 cm³/mol. The van der Waals surface area contributed by atoms with Crippen LogP contribution in [-0.4, -0.2) is 4.98 Å². The molecule has 1 aromatic heterocycles. The highest BCUT2D eigenvalue weighted by Gasteiger charge is 2.09. The standard InChI is InChI=1S/C12H6Cl2FN3/c13-8-4-7(5-9(14)12(8)15)18-10-2-1-3-17-11(10)6-16/h1-5,18H. The molecule has 0 aliphatic carbocycles. The molecule has 0 atom stereocenters. The van der Waals surface area contributed by atoms with E-state index < -0.39 is 5.82 Å². The van der Waals surface area contributed by atoms with Gasteiger partial charge in [0.25, 0.3) is 0 Å². The fourth-order valence-corrected chi connectivity index (χ4v) is 1.87. The van der Waals surface area contributed by atoms with Crippen LogP contribution in [0.25, 0.3) is 0 Å². The molecular formula is C12H6Cl2FN3. The maximum absolute atomic E-state index is 13.2. The first-order valence-corrected chi connectivity index (χ1v) is 5.64. The van der Waals surface area contributed by atoms with Crippen LogP contribution in [0.4, 0.5) is 15.8 Å². The van der Waals surface area contributed by atoms with Crippen LogP contribution in [0.5, 0.6) is 0 Å². The van der Waals surface area contributed by atoms with Crippen molar-refractivity contribution in [1.29, 1.82) is 5.26 Å². The molecule has 0 aliphatic heterocycles. The Labute approximate surface area is 113 Å². The average molecular weight is 282 g/mol. The van der Waals surface area contributed by atoms with Crippen molar-refractivity contribution in [2.75, 3.05) is 5.32 Å². The third-order valence-electron chi connectivity index (χ3n) is 2.18. The monoisotopic (exact) mass is 281 g/mol. The summed E-state index contributed by atoms with van der Waals surface area (Å²) in [6.07, 6.45) is 1.51. The van der Waals surface area contributed by atoms with Crippen LogP contribution in [0.15, 0.2) is 30.5 Å². The molecular weight excluding hydrogens is 276 g/mol. The van der Waals surface area contributed by atoms with Crippen LogP contribution in [0.2, 0.25) is 10.0 Å². The summed E-state index contributed by atoms with van der Waals surface area (Å²) in [5.74, 6) is -0.671. The molecule has 0 bridgehead atoms. The Morgan fingerprint density at radius 1 is 1.28 bits per heavy atom. The van der Waals surface area contributed by atoms with Gasteiger partial charge < -0.3 is 5.32 Å². The first kappa shape index (κ1) is 12.6. The highest BCUT2D eigenvalue weighted by Crippen LogP contribution is 2.29. The third kappa shape index (κ3) is 2.53. The van der Waals surface area contributed by atoms with Crippen LogP contribution in [-0.2, 0) is 0 Å². The lowest BCUT2D eigenvalue weighted by atomic mass is 10.2. The zero-order valence-electron chi connectivity index (χ0n) is 8.92. The molecule has 1 aromatic carbocycles. The van der Waals surface area contributed by atoms with Gasteiger partial charge in [0, 0.05) is 11.9 Å². The fraction of sp³-hybridized carbons (Fsp3) is 0. The summed E-state index contributed by atoms with van der Waals surface area (Å²) in [5.41, 5.74) is 1.21. The van der Waals surface area contributed by atoms with Crippen LogP contribution in [0.1, 0.15) is 5.69 Å². The van der Waals surface area contributed by atoms with E-state index in [0.717, 1.165) is 0 Å². The predicted octanol–water partition coefficient (Wildman–Crippen LogP) is 4.14. The van der Waals surface area contributed by atoms with Crippen LogP contribution >= 0.6 is 23.2 Å². The molecule has 2 aromatic rings. The van der Waals surface area contributed by atoms with Crippen LogP contribution in [0.3, 0.4) is 0 Å². The molecule has 6 heteroatoms. The minimum atomic E-state index is -0.671. The van der Waals surface area contributed by atoms with Gasteiger partial charge in [0.15, 0.2) is 11.5 Å². The van der Waals surface area contributed by atoms with Crippen molar-refractivity contribution < 1.29 is 4.39 Å². The fourth-order valence-electron chi connectivity index (χ4n) is 1.38. The summed E-state index contributed by atoms with van der Waals surface area (Å²) in [6, 6.07) is 8.07. The Kier molecular flexibility index (Phi) is 3.66. The Morgan fingerprint density at radius 3 is 2.56 bits per heavy atom. The van der Waals surface area contributed by atoms with Gasteiger partial charge in [0.1, 0.15) is 6.07 Å². The SMILES string of the molecule is N#Cc1ncccc1Nc1cc(Cl)c(F)c(Cl)c1. The molecule has 3 nitrogen and oxygen atoms in total. The van der Waals surface area contributed by atoms with E-state index in [1.54, 1.807) is 12.1 Å². The number of nitriles is 1. The zero-order valence-corrected chi connectivity index (χ0v) is 10.4. The first-order valence-electron chi connectivity index (χ1n) is 4.88. The van der Waals surface area contributed by atoms with Crippen LogP contribution < -0.4 is 5.32 Å². The number of aromatic nitrogens is 1. The molecule has 0 saturated heterocycles. The summed E-state index contributed by atoms with van der Waals surface area (Å²) in [4.78, 5) is 3.89. The number of rotatable bonds is 2. The summed E-state index contributed by atoms with van der Waals surface area (Å²) in [5, 5.41) is 11.6. The van der Waals surface area contributed by atoms with Gasteiger partial charge in [-0.2, -0.15) is 5.26 Å². The molecule has 0 amide bonds. The lowest BCUT2D eigenvalue weighted by Gasteiger charge is -2.08. The van der Waals surface area contributed by atoms with Gasteiger partial charge in [-0.25, -0.2) is 9.37 Å². The number of nitrogens with zero attached hydrogens (tertiary/aromatic N) is 2. The smallest absolute Gasteiger partial charge is 0.163 e. The van der Waals surface area contributed by atoms with Crippen molar-refractivity contribution in [2.24, 2.45) is 0 Å². The number of hydrogen-bond acceptors (Lipinski definition) is 3. The molecule has 0 unspecified atom stereocenters. The molecule has 1 heterocycles. The van der Waals surface area contributed by atoms with E-state index in [2.05, 4.69) is 10.3 Å². The number of anilines is 2. The van der Waals surface area contributed by atoms with Gasteiger partial charge in [-0.15, -0.1) is 0 Å². The normalized spacial score (nSPS) is 9.89. The first-order chi connectivity index (χ1) is 8.61. The van der Waals surface area contributed by atoms with E-state index in [9.17, 15) is 4.39 Å². The minimum absolute atomic E-state index is 0.0904. The second-order valence-electron chi connectivity index (χ2n) is 3.39. The van der Waals surface area contributed by atoms with E-state index in [-0.39, 0.29) is 15.7 Å². The molecule has 0 spiro atoms. The highest BCUT2D eigenvalue weighted by atomic mass is 35.5. The van der Waals surface area contributed by atoms with Gasteiger partial charge in [0.05, 0.1) is 15.7 Å². The molecule has 2 rings (SSSR count). The Bertz CT molecular complexity index is 614. The molecule has 90 valence electrons. The van der Waals surface area contributed by atoms with Gasteiger partial charge >= 0.3 is 0 Å². The maximum atomic E-state index is 13.2. The van der Waals surface area contributed by atoms with Crippen molar-refractivity contribution in [3.05, 3.63) is 52.0 Å². The maximum Gasteiger partial charge on any atom is 0.163 e. The van der Waals surface area contributed by atoms with Crippen molar-refractivity contribution in [1.82, 2.24) is 4.98 Å². The molecule has 0 aliphatic rings. The molecule has 0 fully saturated rings. The van der Waals surface area contributed by atoms with Gasteiger partial charge in [-0.1, -0.05) is 23.2 Å². The third-order valence-corrected chi connectivity index (χ3v) is 2.73. The van der Waals surface area contributed by atoms with Gasteiger partial charge in [0.2, 0.25) is 0 Å². The van der Waals surface area contributed by atoms with E-state index in [1.807, 2.05) is 6.07 Å². The Balaban J connectivity index is 2.38. The van der Waals surface area contributed by atoms with Crippen LogP contribution in [0, 0.1) is 17.1 Å². The molecule has 1 N–H and O–H groups in total. The van der Waals surface area contributed by atoms with E-state index in [4.69, 9.17) is 28.5 Å². The van der Waals surface area contributed by atoms with Gasteiger partial charge in [-0.3, -0.25) is 0 Å². The van der Waals surface area contributed by atoms with Crippen molar-refractivity contribution in [2.45, 2.75) is 0 Å². The number of halogens is 3. The zero-order chi connectivity index (χ0) is 13.1. The number of hydrogen-bond donors (Lipinski definition) is 1. The lowest BCUT2D eigenvalue weighted by molar-refractivity contribution is 0.629. The van der Waals surface area contributed by atoms with Crippen molar-refractivity contribution >= 4 is 34.6 Å².